The molecule has 0 N–H and O–H groups in total. The standard InChI is InChI=1S/C11H11ClO4S/c1-16-11(13)10-6-9(10)7-2-4-8(5-3-7)17(12,14)15/h2-5,9-10H,6H2,1H3/t9-,10+/m1/s1. The third-order valence-electron chi connectivity index (χ3n) is 2.88. The maximum atomic E-state index is 11.2. The lowest BCUT2D eigenvalue weighted by atomic mass is 10.1. The Balaban J connectivity index is 2.14. The summed E-state index contributed by atoms with van der Waals surface area (Å²) < 4.78 is 26.7. The number of rotatable bonds is 3. The highest BCUT2D eigenvalue weighted by atomic mass is 35.7. The second kappa shape index (κ2) is 4.31. The topological polar surface area (TPSA) is 60.4 Å². The van der Waals surface area contributed by atoms with Crippen molar-refractivity contribution >= 4 is 25.7 Å². The Bertz CT molecular complexity index is 535. The van der Waals surface area contributed by atoms with Crippen LogP contribution in [0, 0.1) is 5.92 Å². The number of hydrogen-bond donors (Lipinski definition) is 0. The molecule has 4 nitrogen and oxygen atoms in total. The number of esters is 1. The van der Waals surface area contributed by atoms with Crippen molar-refractivity contribution < 1.29 is 17.9 Å². The van der Waals surface area contributed by atoms with E-state index >= 15 is 0 Å². The number of carbonyl (C=O) groups is 1. The summed E-state index contributed by atoms with van der Waals surface area (Å²) in [6.45, 7) is 0. The van der Waals surface area contributed by atoms with Gasteiger partial charge in [-0.3, -0.25) is 4.79 Å². The van der Waals surface area contributed by atoms with Gasteiger partial charge in [0.15, 0.2) is 0 Å². The van der Waals surface area contributed by atoms with Crippen LogP contribution < -0.4 is 0 Å². The van der Waals surface area contributed by atoms with Gasteiger partial charge in [0.25, 0.3) is 9.05 Å². The molecule has 2 atom stereocenters. The van der Waals surface area contributed by atoms with E-state index in [0.717, 1.165) is 12.0 Å². The van der Waals surface area contributed by atoms with Crippen LogP contribution in [0.2, 0.25) is 0 Å². The van der Waals surface area contributed by atoms with Gasteiger partial charge in [0.05, 0.1) is 17.9 Å². The van der Waals surface area contributed by atoms with Gasteiger partial charge in [-0.05, 0) is 30.0 Å². The van der Waals surface area contributed by atoms with E-state index in [0.29, 0.717) is 0 Å². The van der Waals surface area contributed by atoms with Crippen LogP contribution in [-0.2, 0) is 18.6 Å². The zero-order chi connectivity index (χ0) is 12.6. The maximum absolute atomic E-state index is 11.2. The highest BCUT2D eigenvalue weighted by Gasteiger charge is 2.44. The average molecular weight is 275 g/mol. The minimum atomic E-state index is -3.68. The number of hydrogen-bond acceptors (Lipinski definition) is 4. The van der Waals surface area contributed by atoms with Gasteiger partial charge in [-0.15, -0.1) is 0 Å². The molecule has 1 aromatic carbocycles. The number of carbonyl (C=O) groups excluding carboxylic acids is 1. The summed E-state index contributed by atoms with van der Waals surface area (Å²) in [6, 6.07) is 6.26. The molecule has 0 bridgehead atoms. The Morgan fingerprint density at radius 2 is 1.94 bits per heavy atom. The Morgan fingerprint density at radius 3 is 2.41 bits per heavy atom. The van der Waals surface area contributed by atoms with Crippen LogP contribution in [0.5, 0.6) is 0 Å². The monoisotopic (exact) mass is 274 g/mol. The summed E-state index contributed by atoms with van der Waals surface area (Å²) >= 11 is 0. The highest BCUT2D eigenvalue weighted by molar-refractivity contribution is 8.13. The summed E-state index contributed by atoms with van der Waals surface area (Å²) in [6.07, 6.45) is 0.750. The van der Waals surface area contributed by atoms with Gasteiger partial charge in [-0.1, -0.05) is 12.1 Å². The van der Waals surface area contributed by atoms with Crippen molar-refractivity contribution in [2.24, 2.45) is 5.92 Å². The fourth-order valence-corrected chi connectivity index (χ4v) is 2.62. The van der Waals surface area contributed by atoms with Crippen molar-refractivity contribution in [1.29, 1.82) is 0 Å². The van der Waals surface area contributed by atoms with Gasteiger partial charge in [0, 0.05) is 10.7 Å². The van der Waals surface area contributed by atoms with Crippen molar-refractivity contribution in [2.45, 2.75) is 17.2 Å². The van der Waals surface area contributed by atoms with Crippen LogP contribution in [0.4, 0.5) is 0 Å². The molecule has 92 valence electrons. The fourth-order valence-electron chi connectivity index (χ4n) is 1.85. The predicted molar refractivity (Wildman–Crippen MR) is 62.3 cm³/mol. The van der Waals surface area contributed by atoms with Crippen LogP contribution in [0.3, 0.4) is 0 Å². The van der Waals surface area contributed by atoms with Crippen molar-refractivity contribution in [3.8, 4) is 0 Å². The first-order valence-electron chi connectivity index (χ1n) is 5.06. The number of benzene rings is 1. The van der Waals surface area contributed by atoms with E-state index in [9.17, 15) is 13.2 Å². The van der Waals surface area contributed by atoms with Crippen molar-refractivity contribution in [3.05, 3.63) is 29.8 Å². The Labute approximate surface area is 104 Å². The summed E-state index contributed by atoms with van der Waals surface area (Å²) in [7, 11) is 2.89. The molecule has 6 heteroatoms. The molecular formula is C11H11ClO4S. The predicted octanol–water partition coefficient (Wildman–Crippen LogP) is 1.89. The van der Waals surface area contributed by atoms with E-state index in [-0.39, 0.29) is 22.7 Å². The molecule has 1 aliphatic rings. The molecule has 0 aliphatic heterocycles. The lowest BCUT2D eigenvalue weighted by Gasteiger charge is -2.01. The molecule has 1 aromatic rings. The van der Waals surface area contributed by atoms with Crippen LogP contribution in [0.25, 0.3) is 0 Å². The first-order chi connectivity index (χ1) is 7.93. The molecule has 0 radical (unpaired) electrons. The van der Waals surface area contributed by atoms with Crippen molar-refractivity contribution in [1.82, 2.24) is 0 Å². The maximum Gasteiger partial charge on any atom is 0.309 e. The average Bonchev–Trinajstić information content (AvgIpc) is 3.07. The lowest BCUT2D eigenvalue weighted by Crippen LogP contribution is -2.03. The minimum absolute atomic E-state index is 0.0678. The zero-order valence-electron chi connectivity index (χ0n) is 9.09. The summed E-state index contributed by atoms with van der Waals surface area (Å²) in [5.74, 6) is -0.183. The summed E-state index contributed by atoms with van der Waals surface area (Å²) in [4.78, 5) is 11.3. The third kappa shape index (κ3) is 2.61. The summed E-state index contributed by atoms with van der Waals surface area (Å²) in [5, 5.41) is 0. The number of ether oxygens (including phenoxy) is 1. The quantitative estimate of drug-likeness (QED) is 0.624. The molecular weight excluding hydrogens is 264 g/mol. The first-order valence-corrected chi connectivity index (χ1v) is 7.37. The molecule has 1 fully saturated rings. The Morgan fingerprint density at radius 1 is 1.35 bits per heavy atom. The third-order valence-corrected chi connectivity index (χ3v) is 4.25. The number of halogens is 1. The van der Waals surface area contributed by atoms with Crippen LogP contribution in [0.1, 0.15) is 17.9 Å². The molecule has 0 spiro atoms. The van der Waals surface area contributed by atoms with E-state index in [1.807, 2.05) is 0 Å². The molecule has 0 unspecified atom stereocenters. The second-order valence-electron chi connectivity index (χ2n) is 3.98. The van der Waals surface area contributed by atoms with E-state index < -0.39 is 9.05 Å². The van der Waals surface area contributed by atoms with E-state index in [2.05, 4.69) is 4.74 Å². The van der Waals surface area contributed by atoms with Crippen LogP contribution >= 0.6 is 10.7 Å². The minimum Gasteiger partial charge on any atom is -0.469 e. The number of methoxy groups -OCH3 is 1. The molecule has 0 saturated heterocycles. The van der Waals surface area contributed by atoms with Gasteiger partial charge in [0.1, 0.15) is 0 Å². The highest BCUT2D eigenvalue weighted by Crippen LogP contribution is 2.48. The van der Waals surface area contributed by atoms with Crippen LogP contribution in [0.15, 0.2) is 29.2 Å². The molecule has 1 aliphatic carbocycles. The van der Waals surface area contributed by atoms with E-state index in [1.54, 1.807) is 12.1 Å². The molecule has 1 saturated carbocycles. The lowest BCUT2D eigenvalue weighted by molar-refractivity contribution is -0.142. The Hall–Kier alpha value is -1.07. The first kappa shape index (κ1) is 12.4. The Kier molecular flexibility index (Phi) is 3.14. The van der Waals surface area contributed by atoms with Gasteiger partial charge in [-0.2, -0.15) is 0 Å². The normalized spacial score (nSPS) is 23.2. The molecule has 2 rings (SSSR count). The van der Waals surface area contributed by atoms with Crippen molar-refractivity contribution in [2.75, 3.05) is 7.11 Å². The van der Waals surface area contributed by atoms with Gasteiger partial charge in [0.2, 0.25) is 0 Å². The van der Waals surface area contributed by atoms with E-state index in [4.69, 9.17) is 10.7 Å². The van der Waals surface area contributed by atoms with E-state index in [1.165, 1.54) is 19.2 Å². The largest absolute Gasteiger partial charge is 0.469 e. The van der Waals surface area contributed by atoms with Gasteiger partial charge < -0.3 is 4.74 Å². The van der Waals surface area contributed by atoms with Crippen LogP contribution in [-0.4, -0.2) is 21.5 Å². The zero-order valence-corrected chi connectivity index (χ0v) is 10.7. The summed E-state index contributed by atoms with van der Waals surface area (Å²) in [5.41, 5.74) is 0.935. The van der Waals surface area contributed by atoms with Gasteiger partial charge in [-0.25, -0.2) is 8.42 Å². The van der Waals surface area contributed by atoms with Gasteiger partial charge >= 0.3 is 5.97 Å². The SMILES string of the molecule is COC(=O)[C@H]1C[C@@H]1c1ccc(S(=O)(=O)Cl)cc1. The van der Waals surface area contributed by atoms with Crippen molar-refractivity contribution in [3.63, 3.8) is 0 Å². The fraction of sp³-hybridized carbons (Fsp3) is 0.364. The second-order valence-corrected chi connectivity index (χ2v) is 6.54. The smallest absolute Gasteiger partial charge is 0.309 e. The molecule has 17 heavy (non-hydrogen) atoms. The molecule has 0 aromatic heterocycles. The molecule has 0 amide bonds. The molecule has 0 heterocycles.